The summed E-state index contributed by atoms with van der Waals surface area (Å²) in [6.07, 6.45) is -9.62. The number of nitrogens with zero attached hydrogens (tertiary/aromatic N) is 5. The summed E-state index contributed by atoms with van der Waals surface area (Å²) in [5.74, 6) is -3.60. The molecule has 0 atom stereocenters. The van der Waals surface area contributed by atoms with E-state index in [1.54, 1.807) is 105 Å². The fourth-order valence-electron chi connectivity index (χ4n) is 7.51. The van der Waals surface area contributed by atoms with Crippen LogP contribution in [0.1, 0.15) is 120 Å². The van der Waals surface area contributed by atoms with Crippen molar-refractivity contribution in [2.75, 3.05) is 41.6 Å². The fourth-order valence-corrected chi connectivity index (χ4v) is 7.51. The fraction of sp³-hybridized carbons (Fsp3) is 0.339. The van der Waals surface area contributed by atoms with E-state index >= 15 is 4.79 Å². The Hall–Kier alpha value is -9.14. The molecule has 6 amide bonds. The van der Waals surface area contributed by atoms with E-state index in [0.717, 1.165) is 29.2 Å². The summed E-state index contributed by atoms with van der Waals surface area (Å²) in [5.41, 5.74) is -5.69. The molecule has 0 aromatic heterocycles. The summed E-state index contributed by atoms with van der Waals surface area (Å²) in [5, 5.41) is 9.45. The number of anilines is 3. The molecule has 6 aromatic carbocycles. The lowest BCUT2D eigenvalue weighted by Gasteiger charge is -2.26. The molecule has 0 saturated carbocycles. The van der Waals surface area contributed by atoms with Crippen molar-refractivity contribution in [3.8, 4) is 11.5 Å². The largest absolute Gasteiger partial charge is 0.514 e. The molecule has 0 fully saturated rings. The van der Waals surface area contributed by atoms with Crippen LogP contribution in [0.4, 0.5) is 60.8 Å². The average molecular weight is 1150 g/mol. The van der Waals surface area contributed by atoms with Crippen LogP contribution >= 0.6 is 0 Å². The normalized spacial score (nSPS) is 12.0. The van der Waals surface area contributed by atoms with Gasteiger partial charge in [-0.25, -0.2) is 33.9 Å². The number of benzene rings is 6. The minimum Gasteiger partial charge on any atom is -0.494 e. The summed E-state index contributed by atoms with van der Waals surface area (Å²) < 4.78 is 75.8. The van der Waals surface area contributed by atoms with Crippen LogP contribution in [-0.4, -0.2) is 74.7 Å². The van der Waals surface area contributed by atoms with Crippen LogP contribution in [0.5, 0.6) is 11.5 Å². The third-order valence-corrected chi connectivity index (χ3v) is 11.3. The van der Waals surface area contributed by atoms with Crippen molar-refractivity contribution in [3.05, 3.63) is 150 Å². The Kier molecular flexibility index (Phi) is 19.2. The first-order valence-electron chi connectivity index (χ1n) is 26.1. The number of fused-ring (bicyclic) bond motifs is 1. The van der Waals surface area contributed by atoms with Crippen LogP contribution < -0.4 is 24.2 Å². The van der Waals surface area contributed by atoms with Gasteiger partial charge in [-0.2, -0.15) is 13.2 Å². The number of alkyl halides is 3. The van der Waals surface area contributed by atoms with Crippen molar-refractivity contribution in [2.24, 2.45) is 26.5 Å². The number of carbonyl (C=O) groups excluding carboxylic acids is 7. The molecular formula is C62H66F3N5O13. The van der Waals surface area contributed by atoms with Gasteiger partial charge in [0.2, 0.25) is 0 Å². The van der Waals surface area contributed by atoms with E-state index in [1.165, 1.54) is 61.7 Å². The van der Waals surface area contributed by atoms with Crippen molar-refractivity contribution < 1.29 is 75.2 Å². The highest BCUT2D eigenvalue weighted by Gasteiger charge is 2.37. The third-order valence-electron chi connectivity index (χ3n) is 11.3. The lowest BCUT2D eigenvalue weighted by molar-refractivity contribution is -0.137. The van der Waals surface area contributed by atoms with Gasteiger partial charge in [-0.3, -0.25) is 14.4 Å². The van der Waals surface area contributed by atoms with Crippen LogP contribution in [0.25, 0.3) is 10.8 Å². The highest BCUT2D eigenvalue weighted by atomic mass is 19.4. The summed E-state index contributed by atoms with van der Waals surface area (Å²) in [7, 11) is 1.28. The molecule has 0 bridgehead atoms. The Bertz CT molecular complexity index is 3430. The van der Waals surface area contributed by atoms with Gasteiger partial charge in [0.15, 0.2) is 5.75 Å². The predicted octanol–water partition coefficient (Wildman–Crippen LogP) is 16.1. The highest BCUT2D eigenvalue weighted by Crippen LogP contribution is 2.43. The first kappa shape index (κ1) is 63.0. The summed E-state index contributed by atoms with van der Waals surface area (Å²) in [6, 6.07) is 28.2. The quantitative estimate of drug-likeness (QED) is 0.0457. The molecule has 0 radical (unpaired) electrons. The van der Waals surface area contributed by atoms with Crippen LogP contribution in [0, 0.1) is 16.2 Å². The molecule has 18 nitrogen and oxygen atoms in total. The minimum absolute atomic E-state index is 0.00403. The van der Waals surface area contributed by atoms with E-state index < -0.39 is 92.7 Å². The lowest BCUT2D eigenvalue weighted by atomic mass is 9.99. The molecule has 6 aromatic rings. The maximum atomic E-state index is 15.5. The van der Waals surface area contributed by atoms with Crippen molar-refractivity contribution in [1.29, 1.82) is 0 Å². The molecule has 0 saturated heterocycles. The zero-order valence-corrected chi connectivity index (χ0v) is 48.4. The average Bonchev–Trinajstić information content (AvgIpc) is 2.38. The minimum atomic E-state index is -4.84. The first-order valence-corrected chi connectivity index (χ1v) is 26.1. The SMILES string of the molecule is COc1ccc(C(=O)N(C(=O)OCC(C)(C)C)c2cccc(C(F)(F)F)c2)cc1N=Nc1c(OC(=O)OC(C)(C)C)c(C(=O)N(C(=O)OCC(C)(C)C)c2ccc(N(C(=O)OCC(C)(C)C)C(=O)c3ccccc3)cc2)cc2ccccc12. The van der Waals surface area contributed by atoms with Crippen LogP contribution in [-0.2, 0) is 25.1 Å². The second-order valence-electron chi connectivity index (χ2n) is 23.7. The predicted molar refractivity (Wildman–Crippen MR) is 305 cm³/mol. The summed E-state index contributed by atoms with van der Waals surface area (Å²) >= 11 is 0. The van der Waals surface area contributed by atoms with Gasteiger partial charge in [-0.15, -0.1) is 10.2 Å². The highest BCUT2D eigenvalue weighted by molar-refractivity contribution is 6.23. The van der Waals surface area contributed by atoms with Crippen molar-refractivity contribution in [1.82, 2.24) is 0 Å². The summed E-state index contributed by atoms with van der Waals surface area (Å²) in [4.78, 5) is 102. The number of hydrogen-bond donors (Lipinski definition) is 0. The Morgan fingerprint density at radius 1 is 0.494 bits per heavy atom. The zero-order valence-electron chi connectivity index (χ0n) is 48.4. The van der Waals surface area contributed by atoms with E-state index in [0.29, 0.717) is 21.3 Å². The van der Waals surface area contributed by atoms with Crippen LogP contribution in [0.2, 0.25) is 0 Å². The van der Waals surface area contributed by atoms with E-state index in [9.17, 15) is 41.9 Å². The molecular weight excluding hydrogens is 1080 g/mol. The van der Waals surface area contributed by atoms with Gasteiger partial charge in [0, 0.05) is 16.5 Å². The van der Waals surface area contributed by atoms with Crippen molar-refractivity contribution >= 4 is 81.4 Å². The number of imide groups is 3. The van der Waals surface area contributed by atoms with Gasteiger partial charge in [-0.05, 0) is 121 Å². The summed E-state index contributed by atoms with van der Waals surface area (Å²) in [6.45, 7) is 20.4. The number of methoxy groups -OCH3 is 1. The molecule has 0 aliphatic rings. The van der Waals surface area contributed by atoms with Crippen LogP contribution in [0.3, 0.4) is 0 Å². The Labute approximate surface area is 479 Å². The Balaban J connectivity index is 1.54. The van der Waals surface area contributed by atoms with Crippen LogP contribution in [0.15, 0.2) is 138 Å². The molecule has 438 valence electrons. The maximum absolute atomic E-state index is 15.5. The van der Waals surface area contributed by atoms with Gasteiger partial charge in [-0.1, -0.05) is 111 Å². The van der Waals surface area contributed by atoms with Gasteiger partial charge in [0.1, 0.15) is 22.7 Å². The van der Waals surface area contributed by atoms with Gasteiger partial charge < -0.3 is 28.4 Å². The Morgan fingerprint density at radius 2 is 0.988 bits per heavy atom. The molecule has 0 N–H and O–H groups in total. The number of ether oxygens (including phenoxy) is 6. The third kappa shape index (κ3) is 17.0. The maximum Gasteiger partial charge on any atom is 0.514 e. The van der Waals surface area contributed by atoms with Gasteiger partial charge in [0.05, 0.1) is 55.1 Å². The van der Waals surface area contributed by atoms with Crippen molar-refractivity contribution in [3.63, 3.8) is 0 Å². The molecule has 0 heterocycles. The molecule has 0 unspecified atom stereocenters. The van der Waals surface area contributed by atoms with E-state index in [2.05, 4.69) is 10.2 Å². The number of rotatable bonds is 13. The molecule has 0 spiro atoms. The number of amides is 6. The molecule has 21 heteroatoms. The first-order chi connectivity index (χ1) is 38.6. The second kappa shape index (κ2) is 25.3. The molecule has 6 rings (SSSR count). The molecule has 0 aliphatic heterocycles. The second-order valence-corrected chi connectivity index (χ2v) is 23.7. The van der Waals surface area contributed by atoms with Gasteiger partial charge in [0.25, 0.3) is 17.7 Å². The monoisotopic (exact) mass is 1150 g/mol. The number of halogens is 3. The number of carbonyl (C=O) groups is 7. The van der Waals surface area contributed by atoms with E-state index in [1.807, 2.05) is 20.8 Å². The van der Waals surface area contributed by atoms with E-state index in [4.69, 9.17) is 28.4 Å². The standard InChI is InChI=1S/C62H66F3N5O13/c1-58(2,3)35-79-54(74)68(51(71)38-20-15-14-16-21-38)42-27-29-43(30-28-42)69(55(75)80-36-59(4,5)6)53(73)46-32-39-22-17-18-25-45(39)49(50(46)82-57(77)83-61(10,11)12)67-66-47-33-40(26-31-48(47)78-13)52(72)70(56(76)81-37-60(7,8)9)44-24-19-23-41(34-44)62(63,64)65/h14-34H,35-37H2,1-13H3. The smallest absolute Gasteiger partial charge is 0.494 e. The topological polar surface area (TPSA) is 209 Å². The number of hydrogen-bond acceptors (Lipinski definition) is 15. The lowest BCUT2D eigenvalue weighted by Crippen LogP contribution is -2.40. The molecule has 0 aliphatic carbocycles. The molecule has 83 heavy (non-hydrogen) atoms. The van der Waals surface area contributed by atoms with E-state index in [-0.39, 0.29) is 64.8 Å². The van der Waals surface area contributed by atoms with Crippen molar-refractivity contribution in [2.45, 2.75) is 94.9 Å². The zero-order chi connectivity index (χ0) is 61.4. The van der Waals surface area contributed by atoms with Gasteiger partial charge >= 0.3 is 30.6 Å². The number of azo groups is 1. The Morgan fingerprint density at radius 3 is 1.49 bits per heavy atom.